The lowest BCUT2D eigenvalue weighted by Gasteiger charge is -2.09. The van der Waals surface area contributed by atoms with E-state index >= 15 is 0 Å². The van der Waals surface area contributed by atoms with E-state index in [1.54, 1.807) is 38.5 Å². The Bertz CT molecular complexity index is 959. The zero-order valence-electron chi connectivity index (χ0n) is 15.6. The number of methoxy groups -OCH3 is 2. The number of hydrogen-bond donors (Lipinski definition) is 1. The third-order valence-electron chi connectivity index (χ3n) is 3.80. The molecule has 1 fully saturated rings. The van der Waals surface area contributed by atoms with Gasteiger partial charge in [-0.2, -0.15) is 0 Å². The Morgan fingerprint density at radius 1 is 1.11 bits per heavy atom. The number of rotatable bonds is 6. The second kappa shape index (κ2) is 9.03. The smallest absolute Gasteiger partial charge is 0.264 e. The topological polar surface area (TPSA) is 69.2 Å². The van der Waals surface area contributed by atoms with Crippen molar-refractivity contribution < 1.29 is 19.0 Å². The van der Waals surface area contributed by atoms with Crippen molar-refractivity contribution >= 4 is 46.2 Å². The molecule has 1 saturated heterocycles. The summed E-state index contributed by atoms with van der Waals surface area (Å²) < 4.78 is 16.2. The van der Waals surface area contributed by atoms with Gasteiger partial charge in [-0.1, -0.05) is 17.7 Å². The van der Waals surface area contributed by atoms with Gasteiger partial charge in [-0.15, -0.1) is 0 Å². The number of carbonyl (C=O) groups excluding carboxylic acids is 1. The lowest BCUT2D eigenvalue weighted by molar-refractivity contribution is -0.115. The summed E-state index contributed by atoms with van der Waals surface area (Å²) in [5, 5.41) is 3.74. The Kier molecular flexibility index (Phi) is 6.49. The van der Waals surface area contributed by atoms with E-state index in [9.17, 15) is 4.79 Å². The molecule has 146 valence electrons. The molecule has 0 radical (unpaired) electrons. The monoisotopic (exact) mass is 418 g/mol. The van der Waals surface area contributed by atoms with Crippen LogP contribution in [0.1, 0.15) is 12.5 Å². The van der Waals surface area contributed by atoms with Gasteiger partial charge in [0.2, 0.25) is 0 Å². The molecule has 0 unspecified atom stereocenters. The van der Waals surface area contributed by atoms with Crippen LogP contribution in [0.5, 0.6) is 17.2 Å². The molecular weight excluding hydrogens is 400 g/mol. The van der Waals surface area contributed by atoms with E-state index in [1.165, 1.54) is 11.8 Å². The molecule has 2 aromatic rings. The van der Waals surface area contributed by atoms with Crippen LogP contribution in [-0.4, -0.2) is 31.9 Å². The van der Waals surface area contributed by atoms with Gasteiger partial charge in [0.25, 0.3) is 5.91 Å². The number of amides is 1. The highest BCUT2D eigenvalue weighted by Gasteiger charge is 2.24. The number of aliphatic imine (C=N–C) groups is 1. The molecule has 28 heavy (non-hydrogen) atoms. The van der Waals surface area contributed by atoms with Crippen LogP contribution in [0.2, 0.25) is 5.02 Å². The first-order valence-electron chi connectivity index (χ1n) is 8.48. The van der Waals surface area contributed by atoms with Crippen molar-refractivity contribution in [1.29, 1.82) is 0 Å². The lowest BCUT2D eigenvalue weighted by Crippen LogP contribution is -2.19. The Morgan fingerprint density at radius 3 is 2.57 bits per heavy atom. The van der Waals surface area contributed by atoms with E-state index in [1.807, 2.05) is 25.1 Å². The molecule has 0 spiro atoms. The molecule has 6 nitrogen and oxygen atoms in total. The molecule has 2 aromatic carbocycles. The zero-order chi connectivity index (χ0) is 20.1. The van der Waals surface area contributed by atoms with Crippen LogP contribution < -0.4 is 19.5 Å². The van der Waals surface area contributed by atoms with Crippen LogP contribution >= 0.6 is 23.4 Å². The van der Waals surface area contributed by atoms with E-state index in [4.69, 9.17) is 25.8 Å². The minimum absolute atomic E-state index is 0.224. The third kappa shape index (κ3) is 4.61. The van der Waals surface area contributed by atoms with Crippen LogP contribution in [0, 0.1) is 0 Å². The molecule has 8 heteroatoms. The summed E-state index contributed by atoms with van der Waals surface area (Å²) in [5.74, 6) is 1.61. The fourth-order valence-corrected chi connectivity index (χ4v) is 3.54. The van der Waals surface area contributed by atoms with Crippen molar-refractivity contribution in [1.82, 2.24) is 5.32 Å². The number of carbonyl (C=O) groups is 1. The molecule has 0 aliphatic carbocycles. The van der Waals surface area contributed by atoms with Crippen molar-refractivity contribution in [3.05, 3.63) is 51.9 Å². The van der Waals surface area contributed by atoms with E-state index in [-0.39, 0.29) is 5.91 Å². The molecule has 0 bridgehead atoms. The highest BCUT2D eigenvalue weighted by atomic mass is 35.5. The normalized spacial score (nSPS) is 16.4. The van der Waals surface area contributed by atoms with Crippen LogP contribution in [0.25, 0.3) is 6.08 Å². The first-order valence-corrected chi connectivity index (χ1v) is 9.67. The lowest BCUT2D eigenvalue weighted by atomic mass is 10.2. The number of nitrogens with one attached hydrogen (secondary N) is 1. The van der Waals surface area contributed by atoms with Gasteiger partial charge in [-0.05, 0) is 60.7 Å². The maximum Gasteiger partial charge on any atom is 0.264 e. The average Bonchev–Trinajstić information content (AvgIpc) is 3.02. The SMILES string of the molecule is CCOc1ccc(/C=C2\SC(=Nc3cc(Cl)ccc3OC)NC2=O)cc1OC. The first-order chi connectivity index (χ1) is 13.5. The number of halogens is 1. The van der Waals surface area contributed by atoms with E-state index in [2.05, 4.69) is 10.3 Å². The van der Waals surface area contributed by atoms with Gasteiger partial charge in [0, 0.05) is 5.02 Å². The van der Waals surface area contributed by atoms with E-state index in [0.29, 0.717) is 44.6 Å². The summed E-state index contributed by atoms with van der Waals surface area (Å²) in [6, 6.07) is 10.6. The summed E-state index contributed by atoms with van der Waals surface area (Å²) in [6.45, 7) is 2.45. The summed E-state index contributed by atoms with van der Waals surface area (Å²) in [6.07, 6.45) is 1.77. The van der Waals surface area contributed by atoms with Crippen molar-refractivity contribution in [2.24, 2.45) is 4.99 Å². The molecule has 1 amide bonds. The highest BCUT2D eigenvalue weighted by Crippen LogP contribution is 2.35. The minimum atomic E-state index is -0.224. The maximum atomic E-state index is 12.3. The van der Waals surface area contributed by atoms with Crippen molar-refractivity contribution in [3.8, 4) is 17.2 Å². The van der Waals surface area contributed by atoms with E-state index < -0.39 is 0 Å². The molecule has 1 heterocycles. The summed E-state index contributed by atoms with van der Waals surface area (Å²) >= 11 is 7.28. The molecule has 1 N–H and O–H groups in total. The largest absolute Gasteiger partial charge is 0.494 e. The Labute approximate surface area is 172 Å². The van der Waals surface area contributed by atoms with Crippen LogP contribution in [0.15, 0.2) is 46.3 Å². The summed E-state index contributed by atoms with van der Waals surface area (Å²) in [7, 11) is 3.13. The molecule has 1 aliphatic heterocycles. The second-order valence-electron chi connectivity index (χ2n) is 5.64. The maximum absolute atomic E-state index is 12.3. The van der Waals surface area contributed by atoms with Crippen molar-refractivity contribution in [3.63, 3.8) is 0 Å². The Hall–Kier alpha value is -2.64. The molecule has 0 saturated carbocycles. The molecule has 0 atom stereocenters. The van der Waals surface area contributed by atoms with Gasteiger partial charge in [0.05, 0.1) is 25.7 Å². The number of thioether (sulfide) groups is 1. The Morgan fingerprint density at radius 2 is 1.86 bits per heavy atom. The second-order valence-corrected chi connectivity index (χ2v) is 7.11. The standard InChI is InChI=1S/C20H19ClN2O4S/c1-4-27-16-7-5-12(9-17(16)26-3)10-18-19(24)23-20(28-18)22-14-11-13(21)6-8-15(14)25-2/h5-11H,4H2,1-3H3,(H,22,23,24)/b18-10-. The summed E-state index contributed by atoms with van der Waals surface area (Å²) in [5.41, 5.74) is 1.36. The number of nitrogens with zero attached hydrogens (tertiary/aromatic N) is 1. The molecular formula is C20H19ClN2O4S. The van der Waals surface area contributed by atoms with Gasteiger partial charge < -0.3 is 19.5 Å². The number of ether oxygens (including phenoxy) is 3. The van der Waals surface area contributed by atoms with Gasteiger partial charge >= 0.3 is 0 Å². The summed E-state index contributed by atoms with van der Waals surface area (Å²) in [4.78, 5) is 17.3. The quantitative estimate of drug-likeness (QED) is 0.691. The number of amidine groups is 1. The van der Waals surface area contributed by atoms with Crippen LogP contribution in [0.3, 0.4) is 0 Å². The third-order valence-corrected chi connectivity index (χ3v) is 4.94. The highest BCUT2D eigenvalue weighted by molar-refractivity contribution is 8.18. The van der Waals surface area contributed by atoms with Gasteiger partial charge in [0.15, 0.2) is 16.7 Å². The minimum Gasteiger partial charge on any atom is -0.494 e. The van der Waals surface area contributed by atoms with Gasteiger partial charge in [-0.3, -0.25) is 4.79 Å². The average molecular weight is 419 g/mol. The van der Waals surface area contributed by atoms with E-state index in [0.717, 1.165) is 5.56 Å². The molecule has 0 aromatic heterocycles. The van der Waals surface area contributed by atoms with Crippen LogP contribution in [-0.2, 0) is 4.79 Å². The van der Waals surface area contributed by atoms with Crippen molar-refractivity contribution in [2.45, 2.75) is 6.92 Å². The van der Waals surface area contributed by atoms with Crippen molar-refractivity contribution in [2.75, 3.05) is 20.8 Å². The predicted octanol–water partition coefficient (Wildman–Crippen LogP) is 4.65. The predicted molar refractivity (Wildman–Crippen MR) is 113 cm³/mol. The molecule has 3 rings (SSSR count). The zero-order valence-corrected chi connectivity index (χ0v) is 17.2. The van der Waals surface area contributed by atoms with Crippen LogP contribution in [0.4, 0.5) is 5.69 Å². The van der Waals surface area contributed by atoms with Gasteiger partial charge in [0.1, 0.15) is 11.4 Å². The van der Waals surface area contributed by atoms with Gasteiger partial charge in [-0.25, -0.2) is 4.99 Å². The number of hydrogen-bond acceptors (Lipinski definition) is 6. The fourth-order valence-electron chi connectivity index (χ4n) is 2.54. The fraction of sp³-hybridized carbons (Fsp3) is 0.200. The first kappa shape index (κ1) is 20.1. The number of benzene rings is 2. The molecule has 1 aliphatic rings. The Balaban J connectivity index is 1.86.